The highest BCUT2D eigenvalue weighted by Crippen LogP contribution is 2.41. The van der Waals surface area contributed by atoms with Crippen molar-refractivity contribution in [3.8, 4) is 5.75 Å². The summed E-state index contributed by atoms with van der Waals surface area (Å²) in [6.07, 6.45) is 17.4. The van der Waals surface area contributed by atoms with Gasteiger partial charge in [-0.2, -0.15) is 0 Å². The molecule has 6 rings (SSSR count). The molecule has 0 radical (unpaired) electrons. The zero-order valence-electron chi connectivity index (χ0n) is 30.4. The molecule has 1 spiro atoms. The van der Waals surface area contributed by atoms with E-state index in [1.54, 1.807) is 13.1 Å². The summed E-state index contributed by atoms with van der Waals surface area (Å²) in [5.41, 5.74) is 3.85. The first-order valence-corrected chi connectivity index (χ1v) is 19.3. The number of aromatic nitrogens is 1. The lowest BCUT2D eigenvalue weighted by molar-refractivity contribution is -0.130. The van der Waals surface area contributed by atoms with Crippen LogP contribution in [0.3, 0.4) is 0 Å². The van der Waals surface area contributed by atoms with Crippen LogP contribution in [0.25, 0.3) is 0 Å². The molecule has 0 bridgehead atoms. The topological polar surface area (TPSA) is 132 Å². The highest BCUT2D eigenvalue weighted by molar-refractivity contribution is 5.82. The number of piperidine rings is 2. The molecule has 3 atom stereocenters. The molecule has 2 aromatic rings. The first kappa shape index (κ1) is 36.8. The summed E-state index contributed by atoms with van der Waals surface area (Å²) in [5.74, 6) is 1.69. The SMILES string of the molecule is CC(=O)N1CCC(NC2CC(C(=O)NC[C@H](O)CN3CCc4c(ccc(OCc5cnco5)c4C)C3)NCC23CCCCCCCCC3)CC1. The van der Waals surface area contributed by atoms with Crippen LogP contribution in [0.2, 0.25) is 0 Å². The zero-order valence-corrected chi connectivity index (χ0v) is 30.4. The van der Waals surface area contributed by atoms with Gasteiger partial charge < -0.3 is 35.1 Å². The Morgan fingerprint density at radius 1 is 1.10 bits per heavy atom. The molecule has 2 unspecified atom stereocenters. The van der Waals surface area contributed by atoms with Gasteiger partial charge in [-0.15, -0.1) is 0 Å². The average molecular weight is 693 g/mol. The molecule has 11 heteroatoms. The lowest BCUT2D eigenvalue weighted by Gasteiger charge is -2.50. The molecular weight excluding hydrogens is 632 g/mol. The molecule has 4 N–H and O–H groups in total. The Labute approximate surface area is 298 Å². The van der Waals surface area contributed by atoms with E-state index in [1.807, 2.05) is 11.0 Å². The molecule has 4 heterocycles. The molecular formula is C39H60N6O5. The van der Waals surface area contributed by atoms with Crippen LogP contribution >= 0.6 is 0 Å². The Morgan fingerprint density at radius 2 is 1.84 bits per heavy atom. The summed E-state index contributed by atoms with van der Waals surface area (Å²) in [4.78, 5) is 33.8. The minimum Gasteiger partial charge on any atom is -0.485 e. The van der Waals surface area contributed by atoms with Crippen molar-refractivity contribution in [2.45, 2.75) is 135 Å². The summed E-state index contributed by atoms with van der Waals surface area (Å²) in [7, 11) is 0. The van der Waals surface area contributed by atoms with Gasteiger partial charge in [0.25, 0.3) is 0 Å². The van der Waals surface area contributed by atoms with Crippen molar-refractivity contribution in [3.63, 3.8) is 0 Å². The van der Waals surface area contributed by atoms with Crippen LogP contribution in [0, 0.1) is 12.3 Å². The number of aliphatic hydroxyl groups excluding tert-OH is 1. The molecule has 1 saturated carbocycles. The normalized spacial score (nSPS) is 24.3. The molecule has 4 aliphatic rings. The average Bonchev–Trinajstić information content (AvgIpc) is 3.65. The third-order valence-corrected chi connectivity index (χ3v) is 12.0. The van der Waals surface area contributed by atoms with E-state index in [1.165, 1.54) is 75.3 Å². The molecule has 2 amide bonds. The summed E-state index contributed by atoms with van der Waals surface area (Å²) >= 11 is 0. The molecule has 3 fully saturated rings. The van der Waals surface area contributed by atoms with Crippen molar-refractivity contribution in [3.05, 3.63) is 47.2 Å². The maximum Gasteiger partial charge on any atom is 0.237 e. The van der Waals surface area contributed by atoms with Crippen LogP contribution < -0.4 is 20.7 Å². The number of carbonyl (C=O) groups is 2. The van der Waals surface area contributed by atoms with E-state index in [-0.39, 0.29) is 35.9 Å². The molecule has 11 nitrogen and oxygen atoms in total. The predicted molar refractivity (Wildman–Crippen MR) is 193 cm³/mol. The number of benzene rings is 1. The third kappa shape index (κ3) is 9.46. The maximum atomic E-state index is 13.6. The number of hydrogen-bond acceptors (Lipinski definition) is 9. The summed E-state index contributed by atoms with van der Waals surface area (Å²) in [6.45, 7) is 8.91. The number of hydrogen-bond donors (Lipinski definition) is 4. The number of ether oxygens (including phenoxy) is 1. The number of fused-ring (bicyclic) bond motifs is 1. The van der Waals surface area contributed by atoms with Gasteiger partial charge in [-0.25, -0.2) is 4.98 Å². The van der Waals surface area contributed by atoms with Crippen LogP contribution in [0.15, 0.2) is 29.1 Å². The van der Waals surface area contributed by atoms with E-state index in [0.29, 0.717) is 25.0 Å². The molecule has 50 heavy (non-hydrogen) atoms. The Morgan fingerprint density at radius 3 is 2.54 bits per heavy atom. The van der Waals surface area contributed by atoms with E-state index in [0.717, 1.165) is 69.7 Å². The van der Waals surface area contributed by atoms with Gasteiger partial charge in [-0.05, 0) is 73.6 Å². The van der Waals surface area contributed by atoms with Gasteiger partial charge in [0.1, 0.15) is 12.4 Å². The van der Waals surface area contributed by atoms with Gasteiger partial charge in [0.15, 0.2) is 12.2 Å². The molecule has 1 aliphatic carbocycles. The minimum atomic E-state index is -0.653. The fourth-order valence-electron chi connectivity index (χ4n) is 8.95. The van der Waals surface area contributed by atoms with Crippen molar-refractivity contribution in [1.82, 2.24) is 30.7 Å². The predicted octanol–water partition coefficient (Wildman–Crippen LogP) is 4.24. The standard InChI is InChI=1S/C39H60N6O5/c1-28-34-14-17-44(23-30(34)10-11-36(28)49-25-33-22-40-27-50-33)24-32(47)21-41-38(48)35-20-37(43-31-12-18-45(19-13-31)29(2)46)39(26-42-35)15-8-6-4-3-5-7-9-16-39/h10-11,22,27,31-32,35,37,42-43,47H,3-9,12-21,23-26H2,1-2H3,(H,41,48)/t32-,35?,37?/m0/s1. The highest BCUT2D eigenvalue weighted by Gasteiger charge is 2.45. The lowest BCUT2D eigenvalue weighted by atomic mass is 9.67. The quantitative estimate of drug-likeness (QED) is 0.289. The number of oxazole rings is 1. The van der Waals surface area contributed by atoms with Crippen molar-refractivity contribution in [2.24, 2.45) is 5.41 Å². The van der Waals surface area contributed by atoms with Gasteiger partial charge in [-0.3, -0.25) is 14.5 Å². The Bertz CT molecular complexity index is 1380. The second kappa shape index (κ2) is 17.5. The van der Waals surface area contributed by atoms with Crippen LogP contribution in [0.1, 0.15) is 106 Å². The summed E-state index contributed by atoms with van der Waals surface area (Å²) in [6, 6.07) is 4.47. The van der Waals surface area contributed by atoms with Crippen LogP contribution in [0.4, 0.5) is 0 Å². The van der Waals surface area contributed by atoms with Crippen molar-refractivity contribution in [1.29, 1.82) is 0 Å². The van der Waals surface area contributed by atoms with E-state index in [2.05, 4.69) is 38.8 Å². The molecule has 2 saturated heterocycles. The van der Waals surface area contributed by atoms with Crippen molar-refractivity contribution < 1.29 is 23.8 Å². The number of aliphatic hydroxyl groups is 1. The van der Waals surface area contributed by atoms with Crippen LogP contribution in [0.5, 0.6) is 5.75 Å². The number of nitrogens with zero attached hydrogens (tertiary/aromatic N) is 3. The lowest BCUT2D eigenvalue weighted by Crippen LogP contribution is -2.64. The maximum absolute atomic E-state index is 13.6. The van der Waals surface area contributed by atoms with Crippen molar-refractivity contribution >= 4 is 11.8 Å². The van der Waals surface area contributed by atoms with Crippen LogP contribution in [-0.4, -0.2) is 95.2 Å². The third-order valence-electron chi connectivity index (χ3n) is 12.0. The smallest absolute Gasteiger partial charge is 0.237 e. The zero-order chi connectivity index (χ0) is 34.9. The number of β-amino-alcohol motifs (C(OH)–C–C–N with tert-alkyl or cyclic N) is 1. The molecule has 276 valence electrons. The second-order valence-corrected chi connectivity index (χ2v) is 15.5. The van der Waals surface area contributed by atoms with E-state index >= 15 is 0 Å². The Balaban J connectivity index is 1.01. The van der Waals surface area contributed by atoms with Gasteiger partial charge in [0.2, 0.25) is 11.8 Å². The van der Waals surface area contributed by atoms with Gasteiger partial charge in [0.05, 0.1) is 18.3 Å². The first-order valence-electron chi connectivity index (χ1n) is 19.3. The Hall–Kier alpha value is -2.99. The summed E-state index contributed by atoms with van der Waals surface area (Å²) < 4.78 is 11.3. The first-order chi connectivity index (χ1) is 24.3. The molecule has 3 aliphatic heterocycles. The van der Waals surface area contributed by atoms with E-state index < -0.39 is 6.10 Å². The van der Waals surface area contributed by atoms with E-state index in [9.17, 15) is 14.7 Å². The fraction of sp³-hybridized carbons (Fsp3) is 0.718. The van der Waals surface area contributed by atoms with Crippen molar-refractivity contribution in [2.75, 3.05) is 39.3 Å². The number of nitrogens with one attached hydrogen (secondary N) is 3. The van der Waals surface area contributed by atoms with Gasteiger partial charge in [-0.1, -0.05) is 51.0 Å². The number of rotatable bonds is 10. The number of carbonyl (C=O) groups excluding carboxylic acids is 2. The minimum absolute atomic E-state index is 0.0190. The number of amides is 2. The fourth-order valence-corrected chi connectivity index (χ4v) is 8.95. The van der Waals surface area contributed by atoms with E-state index in [4.69, 9.17) is 9.15 Å². The monoisotopic (exact) mass is 692 g/mol. The highest BCUT2D eigenvalue weighted by atomic mass is 16.5. The number of likely N-dealkylation sites (tertiary alicyclic amines) is 1. The molecule has 1 aromatic carbocycles. The largest absolute Gasteiger partial charge is 0.485 e. The molecule has 1 aromatic heterocycles. The summed E-state index contributed by atoms with van der Waals surface area (Å²) in [5, 5.41) is 21.9. The second-order valence-electron chi connectivity index (χ2n) is 15.5. The van der Waals surface area contributed by atoms with Gasteiger partial charge >= 0.3 is 0 Å². The Kier molecular flexibility index (Phi) is 12.9. The van der Waals surface area contributed by atoms with Gasteiger partial charge in [0, 0.05) is 64.8 Å². The van der Waals surface area contributed by atoms with Crippen LogP contribution in [-0.2, 0) is 29.2 Å².